The summed E-state index contributed by atoms with van der Waals surface area (Å²) >= 11 is 5.73. The molecule has 5 N–H and O–H groups in total. The number of hydrogen-bond acceptors (Lipinski definition) is 5. The van der Waals surface area contributed by atoms with E-state index in [-0.39, 0.29) is 28.2 Å². The second-order valence-electron chi connectivity index (χ2n) is 6.96. The average Bonchev–Trinajstić information content (AvgIpc) is 3.14. The van der Waals surface area contributed by atoms with E-state index < -0.39 is 17.8 Å². The highest BCUT2D eigenvalue weighted by atomic mass is 35.5. The minimum atomic E-state index is -0.795. The van der Waals surface area contributed by atoms with Crippen molar-refractivity contribution in [2.24, 2.45) is 21.5 Å². The molecule has 1 atom stereocenters. The van der Waals surface area contributed by atoms with Gasteiger partial charge in [0.05, 0.1) is 0 Å². The van der Waals surface area contributed by atoms with Crippen molar-refractivity contribution in [2.45, 2.75) is 19.4 Å². The van der Waals surface area contributed by atoms with E-state index in [0.29, 0.717) is 30.0 Å². The molecule has 0 bridgehead atoms. The number of primary amides is 1. The lowest BCUT2D eigenvalue weighted by Gasteiger charge is -2.08. The summed E-state index contributed by atoms with van der Waals surface area (Å²) in [6, 6.07) is 9.94. The van der Waals surface area contributed by atoms with E-state index in [9.17, 15) is 14.0 Å². The molecule has 10 heteroatoms. The van der Waals surface area contributed by atoms with Crippen molar-refractivity contribution in [3.05, 3.63) is 70.6 Å². The van der Waals surface area contributed by atoms with Crippen LogP contribution in [0, 0.1) is 5.82 Å². The van der Waals surface area contributed by atoms with E-state index in [0.717, 1.165) is 6.07 Å². The first kappa shape index (κ1) is 23.0. The largest absolute Gasteiger partial charge is 0.454 e. The SMILES string of the molecule is CC(C=C(N=C(N)c1ccc(Oc2ccc(Cl)cc2F)cc1)C(N)=O)=N[C@H]1CCNC1=O. The van der Waals surface area contributed by atoms with Gasteiger partial charge in [0, 0.05) is 22.8 Å². The number of amidine groups is 1. The minimum absolute atomic E-state index is 0.0217. The molecule has 3 rings (SSSR count). The zero-order chi connectivity index (χ0) is 23.3. The molecule has 0 saturated carbocycles. The number of carbonyl (C=O) groups excluding carboxylic acids is 2. The first-order valence-corrected chi connectivity index (χ1v) is 10.0. The third-order valence-electron chi connectivity index (χ3n) is 4.49. The molecule has 1 aliphatic rings. The molecule has 8 nitrogen and oxygen atoms in total. The summed E-state index contributed by atoms with van der Waals surface area (Å²) in [6.07, 6.45) is 1.96. The van der Waals surface area contributed by atoms with E-state index in [2.05, 4.69) is 15.3 Å². The number of carbonyl (C=O) groups is 2. The number of aliphatic imine (C=N–C) groups is 2. The van der Waals surface area contributed by atoms with Crippen LogP contribution in [-0.2, 0) is 9.59 Å². The fraction of sp³-hybridized carbons (Fsp3) is 0.182. The molecular formula is C22H21ClFN5O3. The lowest BCUT2D eigenvalue weighted by molar-refractivity contribution is -0.120. The molecular weight excluding hydrogens is 437 g/mol. The first-order chi connectivity index (χ1) is 15.2. The molecule has 0 radical (unpaired) electrons. The zero-order valence-corrected chi connectivity index (χ0v) is 17.9. The Morgan fingerprint density at radius 2 is 1.97 bits per heavy atom. The van der Waals surface area contributed by atoms with E-state index in [1.165, 1.54) is 18.2 Å². The molecule has 2 aromatic carbocycles. The van der Waals surface area contributed by atoms with Crippen LogP contribution in [0.3, 0.4) is 0 Å². The monoisotopic (exact) mass is 457 g/mol. The standard InChI is InChI=1S/C22H21ClFN5O3/c1-12(28-17-8-9-27-22(17)31)10-18(21(26)30)29-20(25)13-2-5-15(6-3-13)32-19-7-4-14(23)11-16(19)24/h2-7,10-11,17H,8-9H2,1H3,(H2,25,29)(H2,26,30)(H,27,31)/t17-/m0/s1. The Labute approximate surface area is 188 Å². The summed E-state index contributed by atoms with van der Waals surface area (Å²) < 4.78 is 19.4. The summed E-state index contributed by atoms with van der Waals surface area (Å²) in [6.45, 7) is 2.20. The number of benzene rings is 2. The van der Waals surface area contributed by atoms with Gasteiger partial charge in [0.15, 0.2) is 11.6 Å². The van der Waals surface area contributed by atoms with Gasteiger partial charge in [-0.2, -0.15) is 0 Å². The van der Waals surface area contributed by atoms with Crippen molar-refractivity contribution < 1.29 is 18.7 Å². The number of halogens is 2. The second-order valence-corrected chi connectivity index (χ2v) is 7.39. The van der Waals surface area contributed by atoms with Crippen LogP contribution in [0.25, 0.3) is 0 Å². The van der Waals surface area contributed by atoms with Crippen LogP contribution in [0.15, 0.2) is 64.2 Å². The molecule has 1 aliphatic heterocycles. The first-order valence-electron chi connectivity index (χ1n) is 9.64. The van der Waals surface area contributed by atoms with Gasteiger partial charge in [-0.05, 0) is 61.9 Å². The maximum Gasteiger partial charge on any atom is 0.267 e. The Morgan fingerprint density at radius 3 is 2.56 bits per heavy atom. The summed E-state index contributed by atoms with van der Waals surface area (Å²) in [7, 11) is 0. The van der Waals surface area contributed by atoms with E-state index in [4.69, 9.17) is 27.8 Å². The predicted molar refractivity (Wildman–Crippen MR) is 120 cm³/mol. The summed E-state index contributed by atoms with van der Waals surface area (Å²) in [4.78, 5) is 31.8. The molecule has 32 heavy (non-hydrogen) atoms. The number of rotatable bonds is 7. The lowest BCUT2D eigenvalue weighted by atomic mass is 10.2. The highest BCUT2D eigenvalue weighted by molar-refractivity contribution is 6.30. The zero-order valence-electron chi connectivity index (χ0n) is 17.1. The number of hydrogen-bond donors (Lipinski definition) is 3. The van der Waals surface area contributed by atoms with Crippen molar-refractivity contribution >= 4 is 35.0 Å². The quantitative estimate of drug-likeness (QED) is 0.335. The van der Waals surface area contributed by atoms with Crippen molar-refractivity contribution in [3.8, 4) is 11.5 Å². The van der Waals surface area contributed by atoms with Gasteiger partial charge < -0.3 is 21.5 Å². The summed E-state index contributed by atoms with van der Waals surface area (Å²) in [5.41, 5.74) is 12.2. The van der Waals surface area contributed by atoms with Gasteiger partial charge in [0.1, 0.15) is 23.3 Å². The third kappa shape index (κ3) is 5.92. The van der Waals surface area contributed by atoms with Crippen molar-refractivity contribution in [1.29, 1.82) is 0 Å². The Balaban J connectivity index is 1.77. The Morgan fingerprint density at radius 1 is 1.25 bits per heavy atom. The van der Waals surface area contributed by atoms with Gasteiger partial charge in [-0.25, -0.2) is 9.38 Å². The third-order valence-corrected chi connectivity index (χ3v) is 4.73. The smallest absolute Gasteiger partial charge is 0.267 e. The molecule has 0 aliphatic carbocycles. The maximum absolute atomic E-state index is 13.9. The van der Waals surface area contributed by atoms with Crippen LogP contribution in [0.2, 0.25) is 5.02 Å². The number of nitrogens with one attached hydrogen (secondary N) is 1. The number of allylic oxidation sites excluding steroid dienone is 1. The molecule has 0 spiro atoms. The van der Waals surface area contributed by atoms with Crippen LogP contribution < -0.4 is 21.5 Å². The number of nitrogens with zero attached hydrogens (tertiary/aromatic N) is 2. The number of ether oxygens (including phenoxy) is 1. The predicted octanol–water partition coefficient (Wildman–Crippen LogP) is 2.70. The van der Waals surface area contributed by atoms with Gasteiger partial charge in [0.25, 0.3) is 5.91 Å². The second kappa shape index (κ2) is 10.1. The maximum atomic E-state index is 13.9. The van der Waals surface area contributed by atoms with Crippen LogP contribution in [0.1, 0.15) is 18.9 Å². The van der Waals surface area contributed by atoms with Crippen molar-refractivity contribution in [2.75, 3.05) is 6.54 Å². The fourth-order valence-corrected chi connectivity index (χ4v) is 3.08. The van der Waals surface area contributed by atoms with Gasteiger partial charge in [-0.15, -0.1) is 0 Å². The van der Waals surface area contributed by atoms with Crippen molar-refractivity contribution in [1.82, 2.24) is 5.32 Å². The highest BCUT2D eigenvalue weighted by Gasteiger charge is 2.23. The number of nitrogens with two attached hydrogens (primary N) is 2. The van der Waals surface area contributed by atoms with Gasteiger partial charge >= 0.3 is 0 Å². The van der Waals surface area contributed by atoms with Gasteiger partial charge in [-0.1, -0.05) is 11.6 Å². The van der Waals surface area contributed by atoms with Gasteiger partial charge in [-0.3, -0.25) is 14.6 Å². The Hall–Kier alpha value is -3.72. The molecule has 1 saturated heterocycles. The molecule has 2 aromatic rings. The van der Waals surface area contributed by atoms with Gasteiger partial charge in [0.2, 0.25) is 5.91 Å². The summed E-state index contributed by atoms with van der Waals surface area (Å²) in [5, 5.41) is 2.95. The molecule has 1 heterocycles. The molecule has 1 fully saturated rings. The van der Waals surface area contributed by atoms with Crippen molar-refractivity contribution in [3.63, 3.8) is 0 Å². The van der Waals surface area contributed by atoms with Crippen LogP contribution >= 0.6 is 11.6 Å². The van der Waals surface area contributed by atoms with Crippen LogP contribution in [0.5, 0.6) is 11.5 Å². The summed E-state index contributed by atoms with van der Waals surface area (Å²) in [5.74, 6) is -1.13. The topological polar surface area (TPSA) is 132 Å². The van der Waals surface area contributed by atoms with E-state index in [1.54, 1.807) is 31.2 Å². The lowest BCUT2D eigenvalue weighted by Crippen LogP contribution is -2.22. The average molecular weight is 458 g/mol. The molecule has 0 unspecified atom stereocenters. The fourth-order valence-electron chi connectivity index (χ4n) is 2.92. The number of amides is 2. The molecule has 2 amide bonds. The molecule has 166 valence electrons. The minimum Gasteiger partial charge on any atom is -0.454 e. The van der Waals surface area contributed by atoms with E-state index >= 15 is 0 Å². The van der Waals surface area contributed by atoms with Crippen LogP contribution in [0.4, 0.5) is 4.39 Å². The van der Waals surface area contributed by atoms with E-state index in [1.807, 2.05) is 0 Å². The van der Waals surface area contributed by atoms with Crippen LogP contribution in [-0.4, -0.2) is 35.9 Å². The Bertz CT molecular complexity index is 1130. The highest BCUT2D eigenvalue weighted by Crippen LogP contribution is 2.26. The Kier molecular flexibility index (Phi) is 7.21. The molecule has 0 aromatic heterocycles. The normalized spacial score (nSPS) is 17.3.